The minimum Gasteiger partial charge on any atom is -0.480 e. The smallest absolute Gasteiger partial charge is 0.320 e. The van der Waals surface area contributed by atoms with Gasteiger partial charge in [0.2, 0.25) is 0 Å². The molecule has 116 valence electrons. The third-order valence-corrected chi connectivity index (χ3v) is 3.65. The van der Waals surface area contributed by atoms with Gasteiger partial charge in [0, 0.05) is 39.3 Å². The van der Waals surface area contributed by atoms with Crippen LogP contribution in [0.2, 0.25) is 0 Å². The lowest BCUT2D eigenvalue weighted by Crippen LogP contribution is -2.45. The van der Waals surface area contributed by atoms with Gasteiger partial charge >= 0.3 is 12.0 Å². The number of nitrogens with zero attached hydrogens (tertiary/aromatic N) is 3. The Morgan fingerprint density at radius 3 is 2.50 bits per heavy atom. The van der Waals surface area contributed by atoms with E-state index in [1.54, 1.807) is 0 Å². The second-order valence-corrected chi connectivity index (χ2v) is 5.23. The quantitative estimate of drug-likeness (QED) is 0.799. The lowest BCUT2D eigenvalue weighted by molar-refractivity contribution is -0.138. The summed E-state index contributed by atoms with van der Waals surface area (Å²) < 4.78 is 0. The molecule has 1 aliphatic rings. The minimum atomic E-state index is -0.803. The highest BCUT2D eigenvalue weighted by atomic mass is 16.4. The molecule has 0 aromatic carbocycles. The number of amides is 2. The summed E-state index contributed by atoms with van der Waals surface area (Å²) in [7, 11) is 0. The van der Waals surface area contributed by atoms with Gasteiger partial charge in [-0.1, -0.05) is 13.3 Å². The van der Waals surface area contributed by atoms with Crippen LogP contribution in [0.15, 0.2) is 0 Å². The average Bonchev–Trinajstić information content (AvgIpc) is 2.64. The van der Waals surface area contributed by atoms with E-state index < -0.39 is 5.97 Å². The largest absolute Gasteiger partial charge is 0.480 e. The SMILES string of the molecule is CCCCN(CC)C(=O)N1CCCN(CC(=O)O)CC1. The number of carbonyl (C=O) groups is 2. The Morgan fingerprint density at radius 1 is 1.15 bits per heavy atom. The molecule has 1 fully saturated rings. The van der Waals surface area contributed by atoms with Gasteiger partial charge < -0.3 is 14.9 Å². The van der Waals surface area contributed by atoms with Crippen molar-refractivity contribution in [1.82, 2.24) is 14.7 Å². The van der Waals surface area contributed by atoms with Gasteiger partial charge in [-0.3, -0.25) is 9.69 Å². The third-order valence-electron chi connectivity index (χ3n) is 3.65. The Kier molecular flexibility index (Phi) is 7.36. The molecule has 1 saturated heterocycles. The van der Waals surface area contributed by atoms with Crippen LogP contribution < -0.4 is 0 Å². The first-order chi connectivity index (χ1) is 9.58. The first-order valence-corrected chi connectivity index (χ1v) is 7.56. The average molecular weight is 285 g/mol. The molecule has 0 atom stereocenters. The maximum atomic E-state index is 12.4. The molecule has 0 radical (unpaired) electrons. The number of carboxylic acid groups (broad SMARTS) is 1. The van der Waals surface area contributed by atoms with Gasteiger partial charge in [-0.25, -0.2) is 4.79 Å². The summed E-state index contributed by atoms with van der Waals surface area (Å²) in [5.41, 5.74) is 0. The van der Waals surface area contributed by atoms with Crippen molar-refractivity contribution in [1.29, 1.82) is 0 Å². The van der Waals surface area contributed by atoms with Crippen molar-refractivity contribution in [2.24, 2.45) is 0 Å². The lowest BCUT2D eigenvalue weighted by Gasteiger charge is -2.29. The van der Waals surface area contributed by atoms with Crippen LogP contribution in [0.1, 0.15) is 33.1 Å². The van der Waals surface area contributed by atoms with Crippen molar-refractivity contribution in [3.05, 3.63) is 0 Å². The topological polar surface area (TPSA) is 64.1 Å². The van der Waals surface area contributed by atoms with E-state index in [1.165, 1.54) is 0 Å². The standard InChI is InChI=1S/C14H27N3O3/c1-3-5-8-16(4-2)14(20)17-9-6-7-15(10-11-17)12-13(18)19/h3-12H2,1-2H3,(H,18,19). The van der Waals surface area contributed by atoms with E-state index in [9.17, 15) is 9.59 Å². The zero-order chi connectivity index (χ0) is 15.0. The van der Waals surface area contributed by atoms with Crippen molar-refractivity contribution in [2.45, 2.75) is 33.1 Å². The van der Waals surface area contributed by atoms with Gasteiger partial charge in [0.15, 0.2) is 0 Å². The van der Waals surface area contributed by atoms with Crippen LogP contribution in [0.5, 0.6) is 0 Å². The predicted molar refractivity (Wildman–Crippen MR) is 77.8 cm³/mol. The molecule has 6 heteroatoms. The molecule has 1 aliphatic heterocycles. The van der Waals surface area contributed by atoms with Crippen molar-refractivity contribution in [3.8, 4) is 0 Å². The van der Waals surface area contributed by atoms with E-state index in [1.807, 2.05) is 21.6 Å². The second kappa shape index (κ2) is 8.79. The minimum absolute atomic E-state index is 0.0648. The molecule has 6 nitrogen and oxygen atoms in total. The van der Waals surface area contributed by atoms with E-state index in [0.717, 1.165) is 45.4 Å². The second-order valence-electron chi connectivity index (χ2n) is 5.23. The lowest BCUT2D eigenvalue weighted by atomic mass is 10.3. The van der Waals surface area contributed by atoms with Crippen LogP contribution in [-0.4, -0.2) is 77.6 Å². The first kappa shape index (κ1) is 16.8. The molecule has 1 rings (SSSR count). The summed E-state index contributed by atoms with van der Waals surface area (Å²) in [6.45, 7) is 8.45. The number of aliphatic carboxylic acids is 1. The van der Waals surface area contributed by atoms with Crippen molar-refractivity contribution < 1.29 is 14.7 Å². The zero-order valence-corrected chi connectivity index (χ0v) is 12.7. The zero-order valence-electron chi connectivity index (χ0n) is 12.7. The number of hydrogen-bond donors (Lipinski definition) is 1. The normalized spacial score (nSPS) is 16.8. The molecule has 0 aliphatic carbocycles. The molecule has 0 unspecified atom stereocenters. The van der Waals surface area contributed by atoms with Crippen LogP contribution in [0.25, 0.3) is 0 Å². The molecule has 0 spiro atoms. The molecule has 0 bridgehead atoms. The number of carbonyl (C=O) groups excluding carboxylic acids is 1. The van der Waals surface area contributed by atoms with Crippen LogP contribution in [0.4, 0.5) is 4.79 Å². The molecule has 0 aromatic rings. The van der Waals surface area contributed by atoms with Crippen molar-refractivity contribution in [3.63, 3.8) is 0 Å². The van der Waals surface area contributed by atoms with Crippen LogP contribution >= 0.6 is 0 Å². The Labute approximate surface area is 121 Å². The van der Waals surface area contributed by atoms with E-state index in [-0.39, 0.29) is 12.6 Å². The van der Waals surface area contributed by atoms with Crippen molar-refractivity contribution in [2.75, 3.05) is 45.8 Å². The molecule has 0 saturated carbocycles. The van der Waals surface area contributed by atoms with Crippen molar-refractivity contribution >= 4 is 12.0 Å². The predicted octanol–water partition coefficient (Wildman–Crippen LogP) is 1.32. The summed E-state index contributed by atoms with van der Waals surface area (Å²) in [6.07, 6.45) is 2.94. The monoisotopic (exact) mass is 285 g/mol. The Balaban J connectivity index is 2.50. The fourth-order valence-electron chi connectivity index (χ4n) is 2.45. The highest BCUT2D eigenvalue weighted by Gasteiger charge is 2.23. The highest BCUT2D eigenvalue weighted by molar-refractivity contribution is 5.74. The van der Waals surface area contributed by atoms with E-state index in [2.05, 4.69) is 6.92 Å². The number of unbranched alkanes of at least 4 members (excludes halogenated alkanes) is 1. The van der Waals surface area contributed by atoms with Crippen LogP contribution in [0, 0.1) is 0 Å². The molecule has 1 N–H and O–H groups in total. The Hall–Kier alpha value is -1.30. The molecule has 1 heterocycles. The number of rotatable bonds is 6. The highest BCUT2D eigenvalue weighted by Crippen LogP contribution is 2.07. The maximum absolute atomic E-state index is 12.4. The van der Waals surface area contributed by atoms with Gasteiger partial charge in [-0.15, -0.1) is 0 Å². The number of hydrogen-bond acceptors (Lipinski definition) is 3. The Bertz CT molecular complexity index is 323. The molecule has 20 heavy (non-hydrogen) atoms. The van der Waals surface area contributed by atoms with Gasteiger partial charge in [-0.2, -0.15) is 0 Å². The Morgan fingerprint density at radius 2 is 1.90 bits per heavy atom. The molecular weight excluding hydrogens is 258 g/mol. The molecule has 0 aromatic heterocycles. The van der Waals surface area contributed by atoms with Gasteiger partial charge in [0.1, 0.15) is 0 Å². The maximum Gasteiger partial charge on any atom is 0.320 e. The molecular formula is C14H27N3O3. The molecule has 2 amide bonds. The first-order valence-electron chi connectivity index (χ1n) is 7.56. The van der Waals surface area contributed by atoms with Gasteiger partial charge in [0.25, 0.3) is 0 Å². The number of carboxylic acids is 1. The van der Waals surface area contributed by atoms with E-state index in [0.29, 0.717) is 13.1 Å². The summed E-state index contributed by atoms with van der Waals surface area (Å²) in [5.74, 6) is -0.803. The van der Waals surface area contributed by atoms with Gasteiger partial charge in [-0.05, 0) is 19.8 Å². The van der Waals surface area contributed by atoms with Crippen LogP contribution in [0.3, 0.4) is 0 Å². The van der Waals surface area contributed by atoms with E-state index >= 15 is 0 Å². The third kappa shape index (κ3) is 5.36. The number of urea groups is 1. The van der Waals surface area contributed by atoms with Crippen LogP contribution in [-0.2, 0) is 4.79 Å². The fraction of sp³-hybridized carbons (Fsp3) is 0.857. The summed E-state index contributed by atoms with van der Waals surface area (Å²) in [4.78, 5) is 28.8. The summed E-state index contributed by atoms with van der Waals surface area (Å²) in [6, 6.07) is 0.0955. The fourth-order valence-corrected chi connectivity index (χ4v) is 2.45. The summed E-state index contributed by atoms with van der Waals surface area (Å²) >= 11 is 0. The van der Waals surface area contributed by atoms with E-state index in [4.69, 9.17) is 5.11 Å². The summed E-state index contributed by atoms with van der Waals surface area (Å²) in [5, 5.41) is 8.83. The van der Waals surface area contributed by atoms with Gasteiger partial charge in [0.05, 0.1) is 6.54 Å².